The van der Waals surface area contributed by atoms with Gasteiger partial charge in [0.25, 0.3) is 5.91 Å². The van der Waals surface area contributed by atoms with Gasteiger partial charge < -0.3 is 14.2 Å². The molecule has 9 heteroatoms. The number of likely N-dealkylation sites (tertiary alicyclic amines) is 1. The summed E-state index contributed by atoms with van der Waals surface area (Å²) in [5.74, 6) is 0.947. The van der Waals surface area contributed by atoms with Crippen LogP contribution in [0.3, 0.4) is 0 Å². The van der Waals surface area contributed by atoms with Gasteiger partial charge in [0.15, 0.2) is 5.76 Å². The molecule has 2 amide bonds. The number of amides is 2. The van der Waals surface area contributed by atoms with Crippen molar-refractivity contribution < 1.29 is 14.0 Å². The third kappa shape index (κ3) is 4.74. The number of nitrogens with zero attached hydrogens (tertiary/aromatic N) is 5. The van der Waals surface area contributed by atoms with Crippen LogP contribution in [0, 0.1) is 4.91 Å². The van der Waals surface area contributed by atoms with Crippen molar-refractivity contribution in [3.8, 4) is 22.5 Å². The Bertz CT molecular complexity index is 1340. The summed E-state index contributed by atoms with van der Waals surface area (Å²) in [6.07, 6.45) is 7.11. The van der Waals surface area contributed by atoms with Gasteiger partial charge in [-0.1, -0.05) is 23.4 Å². The second-order valence-corrected chi connectivity index (χ2v) is 10.3. The Labute approximate surface area is 221 Å². The average molecular weight is 514 g/mol. The molecule has 2 aliphatic heterocycles. The lowest BCUT2D eigenvalue weighted by Crippen LogP contribution is -2.51. The fraction of sp³-hybridized carbons (Fsp3) is 0.414. The van der Waals surface area contributed by atoms with E-state index in [1.165, 1.54) is 0 Å². The fourth-order valence-corrected chi connectivity index (χ4v) is 5.82. The molecule has 1 atom stereocenters. The van der Waals surface area contributed by atoms with Crippen molar-refractivity contribution in [2.24, 2.45) is 5.18 Å². The Morgan fingerprint density at radius 2 is 1.68 bits per heavy atom. The van der Waals surface area contributed by atoms with Crippen molar-refractivity contribution in [2.45, 2.75) is 31.7 Å². The van der Waals surface area contributed by atoms with Crippen LogP contribution in [0.15, 0.2) is 58.4 Å². The predicted octanol–water partition coefficient (Wildman–Crippen LogP) is 4.14. The second kappa shape index (κ2) is 10.5. The number of carbonyl (C=O) groups is 2. The molecule has 3 aromatic rings. The quantitative estimate of drug-likeness (QED) is 0.460. The van der Waals surface area contributed by atoms with Crippen LogP contribution in [-0.2, 0) is 11.2 Å². The first-order valence-electron chi connectivity index (χ1n) is 13.4. The van der Waals surface area contributed by atoms with Gasteiger partial charge in [0.2, 0.25) is 5.91 Å². The lowest BCUT2D eigenvalue weighted by molar-refractivity contribution is -0.131. The number of carbonyl (C=O) groups excluding carboxylic acids is 2. The van der Waals surface area contributed by atoms with E-state index in [9.17, 15) is 14.5 Å². The highest BCUT2D eigenvalue weighted by Crippen LogP contribution is 2.40. The van der Waals surface area contributed by atoms with Crippen LogP contribution in [-0.4, -0.2) is 77.3 Å². The van der Waals surface area contributed by atoms with Gasteiger partial charge in [-0.3, -0.25) is 19.5 Å². The molecule has 2 saturated heterocycles. The summed E-state index contributed by atoms with van der Waals surface area (Å²) in [7, 11) is 0. The van der Waals surface area contributed by atoms with E-state index in [1.54, 1.807) is 17.3 Å². The number of furan rings is 1. The molecule has 1 unspecified atom stereocenters. The first-order chi connectivity index (χ1) is 18.6. The molecule has 0 radical (unpaired) electrons. The van der Waals surface area contributed by atoms with Gasteiger partial charge in [0.1, 0.15) is 11.8 Å². The Hall–Kier alpha value is -3.85. The molecule has 0 saturated carbocycles. The molecule has 4 heterocycles. The van der Waals surface area contributed by atoms with Crippen LogP contribution in [0.2, 0.25) is 0 Å². The average Bonchev–Trinajstić information content (AvgIpc) is 3.73. The highest BCUT2D eigenvalue weighted by molar-refractivity contribution is 5.95. The Morgan fingerprint density at radius 1 is 0.921 bits per heavy atom. The molecule has 2 fully saturated rings. The molecular weight excluding hydrogens is 482 g/mol. The molecule has 0 N–H and O–H groups in total. The summed E-state index contributed by atoms with van der Waals surface area (Å²) < 4.78 is 6.23. The van der Waals surface area contributed by atoms with Gasteiger partial charge in [0, 0.05) is 62.8 Å². The van der Waals surface area contributed by atoms with Crippen molar-refractivity contribution in [2.75, 3.05) is 45.8 Å². The van der Waals surface area contributed by atoms with Gasteiger partial charge in [0.05, 0.1) is 6.54 Å². The first-order valence-corrected chi connectivity index (χ1v) is 13.4. The fourth-order valence-electron chi connectivity index (χ4n) is 5.82. The van der Waals surface area contributed by atoms with Gasteiger partial charge in [-0.15, -0.1) is 0 Å². The van der Waals surface area contributed by atoms with E-state index in [0.29, 0.717) is 44.2 Å². The minimum atomic E-state index is -0.287. The third-order valence-electron chi connectivity index (χ3n) is 7.99. The molecule has 6 rings (SSSR count). The van der Waals surface area contributed by atoms with E-state index in [1.807, 2.05) is 35.2 Å². The predicted molar refractivity (Wildman–Crippen MR) is 142 cm³/mol. The van der Waals surface area contributed by atoms with Crippen molar-refractivity contribution in [1.29, 1.82) is 0 Å². The summed E-state index contributed by atoms with van der Waals surface area (Å²) in [6, 6.07) is 11.3. The highest BCUT2D eigenvalue weighted by Gasteiger charge is 2.29. The van der Waals surface area contributed by atoms with E-state index < -0.39 is 0 Å². The number of aromatic nitrogens is 1. The van der Waals surface area contributed by atoms with E-state index in [-0.39, 0.29) is 17.9 Å². The zero-order valence-electron chi connectivity index (χ0n) is 21.3. The molecule has 0 spiro atoms. The molecule has 196 valence electrons. The number of rotatable bonds is 6. The normalized spacial score (nSPS) is 19.5. The number of piperazine rings is 1. The zero-order valence-corrected chi connectivity index (χ0v) is 21.3. The van der Waals surface area contributed by atoms with E-state index in [2.05, 4.69) is 21.1 Å². The monoisotopic (exact) mass is 513 g/mol. The van der Waals surface area contributed by atoms with E-state index >= 15 is 0 Å². The Morgan fingerprint density at radius 3 is 2.42 bits per heavy atom. The number of fused-ring (bicyclic) bond motifs is 1. The van der Waals surface area contributed by atoms with Gasteiger partial charge in [-0.05, 0) is 60.6 Å². The molecule has 2 aromatic heterocycles. The van der Waals surface area contributed by atoms with Crippen LogP contribution in [0.4, 0.5) is 0 Å². The second-order valence-electron chi connectivity index (χ2n) is 10.3. The van der Waals surface area contributed by atoms with Crippen LogP contribution >= 0.6 is 0 Å². The number of pyridine rings is 1. The van der Waals surface area contributed by atoms with Crippen LogP contribution < -0.4 is 0 Å². The van der Waals surface area contributed by atoms with Crippen molar-refractivity contribution in [3.05, 3.63) is 70.6 Å². The van der Waals surface area contributed by atoms with Crippen LogP contribution in [0.5, 0.6) is 0 Å². The van der Waals surface area contributed by atoms with Crippen molar-refractivity contribution >= 4 is 11.8 Å². The van der Waals surface area contributed by atoms with E-state index in [0.717, 1.165) is 66.6 Å². The summed E-state index contributed by atoms with van der Waals surface area (Å²) in [5.41, 5.74) is 4.71. The third-order valence-corrected chi connectivity index (χ3v) is 7.99. The lowest BCUT2D eigenvalue weighted by Gasteiger charge is -2.34. The number of nitroso groups, excluding NO2 is 1. The topological polar surface area (TPSA) is 99.3 Å². The van der Waals surface area contributed by atoms with Gasteiger partial charge in [-0.25, -0.2) is 0 Å². The lowest BCUT2D eigenvalue weighted by atomic mass is 9.98. The summed E-state index contributed by atoms with van der Waals surface area (Å²) in [6.45, 7) is 4.54. The Balaban J connectivity index is 1.21. The molecule has 1 aliphatic carbocycles. The Kier molecular flexibility index (Phi) is 6.76. The van der Waals surface area contributed by atoms with Crippen LogP contribution in [0.25, 0.3) is 22.5 Å². The summed E-state index contributed by atoms with van der Waals surface area (Å²) in [4.78, 5) is 47.2. The zero-order chi connectivity index (χ0) is 26.1. The van der Waals surface area contributed by atoms with Gasteiger partial charge in [-0.2, -0.15) is 4.91 Å². The molecule has 3 aliphatic rings. The van der Waals surface area contributed by atoms with Crippen molar-refractivity contribution in [3.63, 3.8) is 0 Å². The molecule has 9 nitrogen and oxygen atoms in total. The molecule has 0 bridgehead atoms. The maximum atomic E-state index is 13.5. The SMILES string of the molecule is O=NC1CCc2cc(-c3cc(C(=O)N4CCN(CC(=O)N5CCCC5)CC4)oc3-c3ccncc3)ccc21. The highest BCUT2D eigenvalue weighted by atomic mass is 16.4. The summed E-state index contributed by atoms with van der Waals surface area (Å²) in [5, 5.41) is 3.27. The first kappa shape index (κ1) is 24.5. The number of aryl methyl sites for hydroxylation is 1. The molecule has 1 aromatic carbocycles. The maximum absolute atomic E-state index is 13.5. The van der Waals surface area contributed by atoms with Crippen LogP contribution in [0.1, 0.15) is 47.0 Å². The standard InChI is InChI=1S/C29H31N5O4/c35-27(33-11-1-2-12-33)19-32-13-15-34(16-14-32)29(36)26-18-24(28(38-26)20-7-9-30-10-8-20)22-3-5-23-21(17-22)4-6-25(23)31-37/h3,5,7-10,17-18,25H,1-2,4,6,11-16,19H2. The number of hydrogen-bond donors (Lipinski definition) is 0. The minimum Gasteiger partial charge on any atom is -0.450 e. The molecular formula is C29H31N5O4. The molecule has 38 heavy (non-hydrogen) atoms. The largest absolute Gasteiger partial charge is 0.450 e. The number of hydrogen-bond acceptors (Lipinski definition) is 7. The van der Waals surface area contributed by atoms with Crippen molar-refractivity contribution in [1.82, 2.24) is 19.7 Å². The maximum Gasteiger partial charge on any atom is 0.289 e. The minimum absolute atomic E-state index is 0.150. The summed E-state index contributed by atoms with van der Waals surface area (Å²) >= 11 is 0. The number of benzene rings is 1. The van der Waals surface area contributed by atoms with Gasteiger partial charge >= 0.3 is 0 Å². The smallest absolute Gasteiger partial charge is 0.289 e. The van der Waals surface area contributed by atoms with E-state index in [4.69, 9.17) is 4.42 Å².